The molecule has 2 rings (SSSR count). The molecule has 0 aliphatic rings. The summed E-state index contributed by atoms with van der Waals surface area (Å²) < 4.78 is 5.72. The van der Waals surface area contributed by atoms with Crippen molar-refractivity contribution in [2.24, 2.45) is 0 Å². The van der Waals surface area contributed by atoms with Gasteiger partial charge in [-0.15, -0.1) is 11.8 Å². The molecular weight excluding hydrogens is 318 g/mol. The van der Waals surface area contributed by atoms with Gasteiger partial charge in [0.25, 0.3) is 5.91 Å². The van der Waals surface area contributed by atoms with Gasteiger partial charge in [0.15, 0.2) is 0 Å². The minimum atomic E-state index is -0.255. The van der Waals surface area contributed by atoms with E-state index >= 15 is 0 Å². The molecule has 0 unspecified atom stereocenters. The molecule has 0 atom stereocenters. The van der Waals surface area contributed by atoms with Crippen LogP contribution in [0.5, 0.6) is 5.75 Å². The molecule has 0 spiro atoms. The molecule has 4 heteroatoms. The number of hydrogen-bond acceptors (Lipinski definition) is 3. The van der Waals surface area contributed by atoms with E-state index in [4.69, 9.17) is 4.74 Å². The molecule has 0 saturated carbocycles. The number of benzene rings is 2. The summed E-state index contributed by atoms with van der Waals surface area (Å²) in [6.07, 6.45) is 0. The molecule has 0 heterocycles. The first-order valence-electron chi connectivity index (χ1n) is 8.15. The lowest BCUT2D eigenvalue weighted by Gasteiger charge is -2.21. The maximum absolute atomic E-state index is 12.4. The largest absolute Gasteiger partial charge is 0.494 e. The van der Waals surface area contributed by atoms with Crippen molar-refractivity contribution in [3.63, 3.8) is 0 Å². The number of carbonyl (C=O) groups excluding carboxylic acids is 1. The van der Waals surface area contributed by atoms with Crippen molar-refractivity contribution in [1.29, 1.82) is 0 Å². The SMILES string of the molecule is CCOc1ccc(C(=O)NC(C)(C)C)cc1CSc1ccccc1. The molecule has 3 nitrogen and oxygen atoms in total. The molecule has 0 fully saturated rings. The van der Waals surface area contributed by atoms with E-state index in [2.05, 4.69) is 17.4 Å². The highest BCUT2D eigenvalue weighted by molar-refractivity contribution is 7.98. The van der Waals surface area contributed by atoms with Crippen LogP contribution in [0.2, 0.25) is 0 Å². The summed E-state index contributed by atoms with van der Waals surface area (Å²) in [5.74, 6) is 1.54. The van der Waals surface area contributed by atoms with Crippen LogP contribution in [0.1, 0.15) is 43.6 Å². The highest BCUT2D eigenvalue weighted by Crippen LogP contribution is 2.29. The van der Waals surface area contributed by atoms with Crippen molar-refractivity contribution in [1.82, 2.24) is 5.32 Å². The van der Waals surface area contributed by atoms with E-state index in [9.17, 15) is 4.79 Å². The molecule has 24 heavy (non-hydrogen) atoms. The zero-order valence-electron chi connectivity index (χ0n) is 14.8. The number of rotatable bonds is 6. The molecule has 1 amide bonds. The Labute approximate surface area is 148 Å². The van der Waals surface area contributed by atoms with Gasteiger partial charge in [0, 0.05) is 27.3 Å². The van der Waals surface area contributed by atoms with E-state index in [1.165, 1.54) is 4.90 Å². The zero-order valence-corrected chi connectivity index (χ0v) is 15.6. The van der Waals surface area contributed by atoms with E-state index in [0.29, 0.717) is 12.2 Å². The Balaban J connectivity index is 2.19. The second kappa shape index (κ2) is 8.25. The molecule has 0 aromatic heterocycles. The second-order valence-corrected chi connectivity index (χ2v) is 7.61. The average molecular weight is 343 g/mol. The first-order chi connectivity index (χ1) is 11.4. The van der Waals surface area contributed by atoms with E-state index in [1.807, 2.05) is 64.1 Å². The van der Waals surface area contributed by atoms with Gasteiger partial charge in [-0.1, -0.05) is 18.2 Å². The molecule has 0 saturated heterocycles. The lowest BCUT2D eigenvalue weighted by atomic mass is 10.1. The quantitative estimate of drug-likeness (QED) is 0.758. The number of nitrogens with one attached hydrogen (secondary N) is 1. The van der Waals surface area contributed by atoms with Crippen molar-refractivity contribution in [3.8, 4) is 5.75 Å². The molecule has 128 valence electrons. The Kier molecular flexibility index (Phi) is 6.32. The first-order valence-corrected chi connectivity index (χ1v) is 9.13. The fourth-order valence-electron chi connectivity index (χ4n) is 2.22. The zero-order chi connectivity index (χ0) is 17.6. The van der Waals surface area contributed by atoms with E-state index in [-0.39, 0.29) is 11.4 Å². The predicted octanol–water partition coefficient (Wildman–Crippen LogP) is 4.91. The number of amides is 1. The van der Waals surface area contributed by atoms with Crippen molar-refractivity contribution in [2.75, 3.05) is 6.61 Å². The van der Waals surface area contributed by atoms with Crippen molar-refractivity contribution in [3.05, 3.63) is 59.7 Å². The molecule has 2 aromatic rings. The van der Waals surface area contributed by atoms with E-state index < -0.39 is 0 Å². The second-order valence-electron chi connectivity index (χ2n) is 6.56. The predicted molar refractivity (Wildman–Crippen MR) is 101 cm³/mol. The Morgan fingerprint density at radius 1 is 1.12 bits per heavy atom. The Morgan fingerprint density at radius 2 is 1.83 bits per heavy atom. The standard InChI is InChI=1S/C20H25NO2S/c1-5-23-18-12-11-15(19(22)21-20(2,3)4)13-16(18)14-24-17-9-7-6-8-10-17/h6-13H,5,14H2,1-4H3,(H,21,22). The van der Waals surface area contributed by atoms with Crippen LogP contribution in [0.3, 0.4) is 0 Å². The number of hydrogen-bond donors (Lipinski definition) is 1. The minimum absolute atomic E-state index is 0.0588. The Bertz CT molecular complexity index is 678. The summed E-state index contributed by atoms with van der Waals surface area (Å²) >= 11 is 1.74. The smallest absolute Gasteiger partial charge is 0.251 e. The van der Waals surface area contributed by atoms with Gasteiger partial charge in [0.2, 0.25) is 0 Å². The van der Waals surface area contributed by atoms with Crippen LogP contribution >= 0.6 is 11.8 Å². The summed E-state index contributed by atoms with van der Waals surface area (Å²) in [6.45, 7) is 8.51. The van der Waals surface area contributed by atoms with Crippen LogP contribution in [0.25, 0.3) is 0 Å². The first kappa shape index (κ1) is 18.4. The summed E-state index contributed by atoms with van der Waals surface area (Å²) in [7, 11) is 0. The van der Waals surface area contributed by atoms with Crippen LogP contribution in [0.15, 0.2) is 53.4 Å². The molecule has 0 bridgehead atoms. The van der Waals surface area contributed by atoms with Crippen molar-refractivity contribution < 1.29 is 9.53 Å². The minimum Gasteiger partial charge on any atom is -0.494 e. The fraction of sp³-hybridized carbons (Fsp3) is 0.350. The Morgan fingerprint density at radius 3 is 2.46 bits per heavy atom. The van der Waals surface area contributed by atoms with Crippen LogP contribution < -0.4 is 10.1 Å². The monoisotopic (exact) mass is 343 g/mol. The lowest BCUT2D eigenvalue weighted by Crippen LogP contribution is -2.40. The maximum atomic E-state index is 12.4. The normalized spacial score (nSPS) is 11.2. The number of ether oxygens (including phenoxy) is 1. The highest BCUT2D eigenvalue weighted by atomic mass is 32.2. The topological polar surface area (TPSA) is 38.3 Å². The number of thioether (sulfide) groups is 1. The van der Waals surface area contributed by atoms with Crippen LogP contribution in [-0.2, 0) is 5.75 Å². The molecular formula is C20H25NO2S. The van der Waals surface area contributed by atoms with Gasteiger partial charge in [0.05, 0.1) is 6.61 Å². The van der Waals surface area contributed by atoms with Crippen molar-refractivity contribution >= 4 is 17.7 Å². The van der Waals surface area contributed by atoms with Gasteiger partial charge in [-0.05, 0) is 58.0 Å². The van der Waals surface area contributed by atoms with Crippen molar-refractivity contribution in [2.45, 2.75) is 43.9 Å². The van der Waals surface area contributed by atoms with Crippen LogP contribution in [-0.4, -0.2) is 18.1 Å². The van der Waals surface area contributed by atoms with Gasteiger partial charge in [-0.3, -0.25) is 4.79 Å². The third kappa shape index (κ3) is 5.60. The summed E-state index contributed by atoms with van der Waals surface area (Å²) in [4.78, 5) is 13.6. The summed E-state index contributed by atoms with van der Waals surface area (Å²) in [5.41, 5.74) is 1.44. The fourth-order valence-corrected chi connectivity index (χ4v) is 3.12. The lowest BCUT2D eigenvalue weighted by molar-refractivity contribution is 0.0919. The van der Waals surface area contributed by atoms with Gasteiger partial charge in [0.1, 0.15) is 5.75 Å². The number of carbonyl (C=O) groups is 1. The average Bonchev–Trinajstić information content (AvgIpc) is 2.53. The third-order valence-electron chi connectivity index (χ3n) is 3.25. The van der Waals surface area contributed by atoms with Crippen LogP contribution in [0, 0.1) is 0 Å². The molecule has 2 aromatic carbocycles. The van der Waals surface area contributed by atoms with Gasteiger partial charge in [-0.2, -0.15) is 0 Å². The molecule has 0 aliphatic carbocycles. The van der Waals surface area contributed by atoms with Gasteiger partial charge < -0.3 is 10.1 Å². The van der Waals surface area contributed by atoms with Crippen LogP contribution in [0.4, 0.5) is 0 Å². The van der Waals surface area contributed by atoms with Gasteiger partial charge >= 0.3 is 0 Å². The third-order valence-corrected chi connectivity index (χ3v) is 4.31. The maximum Gasteiger partial charge on any atom is 0.251 e. The Hall–Kier alpha value is -1.94. The van der Waals surface area contributed by atoms with E-state index in [0.717, 1.165) is 17.1 Å². The molecule has 0 aliphatic heterocycles. The molecule has 0 radical (unpaired) electrons. The summed E-state index contributed by atoms with van der Waals surface area (Å²) in [6, 6.07) is 15.9. The summed E-state index contributed by atoms with van der Waals surface area (Å²) in [5, 5.41) is 3.00. The van der Waals surface area contributed by atoms with E-state index in [1.54, 1.807) is 11.8 Å². The highest BCUT2D eigenvalue weighted by Gasteiger charge is 2.17. The molecule has 1 N–H and O–H groups in total. The van der Waals surface area contributed by atoms with Gasteiger partial charge in [-0.25, -0.2) is 0 Å².